The molecule has 3 unspecified atom stereocenters. The van der Waals surface area contributed by atoms with Gasteiger partial charge in [0.15, 0.2) is 5.82 Å². The van der Waals surface area contributed by atoms with Crippen molar-refractivity contribution in [2.24, 2.45) is 10.9 Å². The molecule has 8 nitrogen and oxygen atoms in total. The second kappa shape index (κ2) is 9.50. The molecule has 1 aromatic carbocycles. The first-order chi connectivity index (χ1) is 18.0. The molecular weight excluding hydrogens is 462 g/mol. The van der Waals surface area contributed by atoms with Crippen molar-refractivity contribution in [1.29, 1.82) is 0 Å². The molecule has 0 saturated heterocycles. The minimum absolute atomic E-state index is 0.128. The van der Waals surface area contributed by atoms with E-state index in [9.17, 15) is 0 Å². The first kappa shape index (κ1) is 23.5. The highest BCUT2D eigenvalue weighted by Gasteiger charge is 2.35. The third-order valence-electron chi connectivity index (χ3n) is 7.66. The Kier molecular flexibility index (Phi) is 6.02. The molecule has 3 aromatic rings. The molecule has 0 aliphatic carbocycles. The molecule has 0 spiro atoms. The van der Waals surface area contributed by atoms with Gasteiger partial charge in [-0.1, -0.05) is 43.3 Å². The normalized spacial score (nSPS) is 23.1. The smallest absolute Gasteiger partial charge is 0.238 e. The number of benzene rings is 1. The Bertz CT molecular complexity index is 1390. The zero-order valence-electron chi connectivity index (χ0n) is 21.9. The SMILES string of the molecule is COc1nc(-c2nc3n(n2)CCCC3C2N=C(c3ccccc3)C=CC2C)ccc1N1C=C(C)N(C)C1. The van der Waals surface area contributed by atoms with Crippen LogP contribution in [-0.2, 0) is 6.54 Å². The average Bonchev–Trinajstić information content (AvgIpc) is 3.52. The molecule has 3 aliphatic rings. The van der Waals surface area contributed by atoms with Gasteiger partial charge in [-0.05, 0) is 49.5 Å². The van der Waals surface area contributed by atoms with Crippen LogP contribution in [0.3, 0.4) is 0 Å². The van der Waals surface area contributed by atoms with Crippen LogP contribution in [0, 0.1) is 5.92 Å². The number of fused-ring (bicyclic) bond motifs is 1. The minimum atomic E-state index is 0.128. The van der Waals surface area contributed by atoms with E-state index >= 15 is 0 Å². The van der Waals surface area contributed by atoms with Gasteiger partial charge >= 0.3 is 0 Å². The van der Waals surface area contributed by atoms with Crippen molar-refractivity contribution in [2.75, 3.05) is 25.7 Å². The third kappa shape index (κ3) is 4.30. The Morgan fingerprint density at radius 3 is 2.65 bits per heavy atom. The topological polar surface area (TPSA) is 71.7 Å². The molecule has 0 N–H and O–H groups in total. The van der Waals surface area contributed by atoms with Crippen molar-refractivity contribution >= 4 is 11.4 Å². The van der Waals surface area contributed by atoms with Crippen molar-refractivity contribution < 1.29 is 4.74 Å². The molecule has 3 atom stereocenters. The number of hydrogen-bond acceptors (Lipinski definition) is 7. The van der Waals surface area contributed by atoms with E-state index in [1.807, 2.05) is 18.2 Å². The highest BCUT2D eigenvalue weighted by Crippen LogP contribution is 2.38. The number of hydrogen-bond donors (Lipinski definition) is 0. The van der Waals surface area contributed by atoms with Crippen molar-refractivity contribution in [3.8, 4) is 17.4 Å². The van der Waals surface area contributed by atoms with Gasteiger partial charge in [-0.25, -0.2) is 14.6 Å². The fraction of sp³-hybridized carbons (Fsp3) is 0.379. The molecule has 6 rings (SSSR count). The molecule has 5 heterocycles. The molecule has 0 radical (unpaired) electrons. The van der Waals surface area contributed by atoms with Crippen LogP contribution in [-0.4, -0.2) is 57.2 Å². The van der Waals surface area contributed by atoms with E-state index in [0.29, 0.717) is 17.6 Å². The number of nitrogens with zero attached hydrogens (tertiary/aromatic N) is 7. The summed E-state index contributed by atoms with van der Waals surface area (Å²) < 4.78 is 7.75. The third-order valence-corrected chi connectivity index (χ3v) is 7.66. The zero-order chi connectivity index (χ0) is 25.5. The lowest BCUT2D eigenvalue weighted by molar-refractivity contribution is 0.340. The molecule has 0 saturated carbocycles. The van der Waals surface area contributed by atoms with Crippen molar-refractivity contribution in [2.45, 2.75) is 45.2 Å². The van der Waals surface area contributed by atoms with E-state index in [4.69, 9.17) is 24.8 Å². The van der Waals surface area contributed by atoms with Crippen LogP contribution in [0.4, 0.5) is 5.69 Å². The lowest BCUT2D eigenvalue weighted by Crippen LogP contribution is -2.32. The summed E-state index contributed by atoms with van der Waals surface area (Å²) >= 11 is 0. The van der Waals surface area contributed by atoms with E-state index in [-0.39, 0.29) is 12.0 Å². The quantitative estimate of drug-likeness (QED) is 0.503. The molecule has 8 heteroatoms. The monoisotopic (exact) mass is 495 g/mol. The van der Waals surface area contributed by atoms with Crippen molar-refractivity contribution in [3.63, 3.8) is 0 Å². The van der Waals surface area contributed by atoms with Crippen LogP contribution in [0.2, 0.25) is 0 Å². The van der Waals surface area contributed by atoms with Gasteiger partial charge in [0.2, 0.25) is 5.88 Å². The first-order valence-corrected chi connectivity index (χ1v) is 13.0. The van der Waals surface area contributed by atoms with Crippen LogP contribution >= 0.6 is 0 Å². The summed E-state index contributed by atoms with van der Waals surface area (Å²) in [5.41, 5.74) is 5.05. The molecule has 2 aromatic heterocycles. The summed E-state index contributed by atoms with van der Waals surface area (Å²) in [5, 5.41) is 4.88. The van der Waals surface area contributed by atoms with Gasteiger partial charge in [0.05, 0.1) is 25.5 Å². The molecular formula is C29H33N7O. The number of rotatable bonds is 5. The lowest BCUT2D eigenvalue weighted by Gasteiger charge is -2.32. The van der Waals surface area contributed by atoms with Gasteiger partial charge in [-0.2, -0.15) is 0 Å². The van der Waals surface area contributed by atoms with Gasteiger partial charge in [0.1, 0.15) is 17.2 Å². The molecule has 190 valence electrons. The van der Waals surface area contributed by atoms with Gasteiger partial charge < -0.3 is 14.5 Å². The maximum absolute atomic E-state index is 5.69. The Morgan fingerprint density at radius 2 is 1.89 bits per heavy atom. The summed E-state index contributed by atoms with van der Waals surface area (Å²) in [7, 11) is 3.74. The van der Waals surface area contributed by atoms with E-state index in [1.54, 1.807) is 7.11 Å². The number of anilines is 1. The first-order valence-electron chi connectivity index (χ1n) is 13.0. The highest BCUT2D eigenvalue weighted by atomic mass is 16.5. The van der Waals surface area contributed by atoms with Crippen molar-refractivity contribution in [1.82, 2.24) is 24.6 Å². The molecule has 37 heavy (non-hydrogen) atoms. The Balaban J connectivity index is 1.32. The highest BCUT2D eigenvalue weighted by molar-refractivity contribution is 6.09. The van der Waals surface area contributed by atoms with Crippen molar-refractivity contribution in [3.05, 3.63) is 77.9 Å². The van der Waals surface area contributed by atoms with Crippen LogP contribution in [0.15, 0.2) is 71.5 Å². The molecule has 3 aliphatic heterocycles. The summed E-state index contributed by atoms with van der Waals surface area (Å²) in [4.78, 5) is 19.4. The fourth-order valence-corrected chi connectivity index (χ4v) is 5.51. The second-order valence-electron chi connectivity index (χ2n) is 10.2. The number of ether oxygens (including phenoxy) is 1. The van der Waals surface area contributed by atoms with Crippen LogP contribution in [0.1, 0.15) is 44.0 Å². The number of dihydropyridines is 1. The molecule has 0 amide bonds. The maximum Gasteiger partial charge on any atom is 0.238 e. The number of aliphatic imine (C=N–C) groups is 1. The number of methoxy groups -OCH3 is 1. The summed E-state index contributed by atoms with van der Waals surface area (Å²) in [5.74, 6) is 2.77. The number of aryl methyl sites for hydroxylation is 1. The van der Waals surface area contributed by atoms with Crippen LogP contribution in [0.25, 0.3) is 11.5 Å². The number of pyridine rings is 1. The number of allylic oxidation sites excluding steroid dienone is 2. The lowest BCUT2D eigenvalue weighted by atomic mass is 9.82. The average molecular weight is 496 g/mol. The minimum Gasteiger partial charge on any atom is -0.479 e. The summed E-state index contributed by atoms with van der Waals surface area (Å²) in [6, 6.07) is 14.6. The van der Waals surface area contributed by atoms with Gasteiger partial charge in [-0.15, -0.1) is 5.10 Å². The Hall–Kier alpha value is -3.94. The Morgan fingerprint density at radius 1 is 1.05 bits per heavy atom. The Labute approximate surface area is 218 Å². The molecule has 0 bridgehead atoms. The van der Waals surface area contributed by atoms with Crippen LogP contribution in [0.5, 0.6) is 5.88 Å². The van der Waals surface area contributed by atoms with Gasteiger partial charge in [0.25, 0.3) is 0 Å². The van der Waals surface area contributed by atoms with E-state index in [1.165, 1.54) is 5.70 Å². The molecule has 0 fully saturated rings. The van der Waals surface area contributed by atoms with Crippen LogP contribution < -0.4 is 9.64 Å². The summed E-state index contributed by atoms with van der Waals surface area (Å²) in [6.07, 6.45) is 8.67. The predicted molar refractivity (Wildman–Crippen MR) is 146 cm³/mol. The predicted octanol–water partition coefficient (Wildman–Crippen LogP) is 4.86. The fourth-order valence-electron chi connectivity index (χ4n) is 5.51. The van der Waals surface area contributed by atoms with E-state index in [2.05, 4.69) is 78.0 Å². The maximum atomic E-state index is 5.69. The summed E-state index contributed by atoms with van der Waals surface area (Å²) in [6.45, 7) is 5.98. The zero-order valence-corrected chi connectivity index (χ0v) is 21.9. The largest absolute Gasteiger partial charge is 0.479 e. The van der Waals surface area contributed by atoms with Gasteiger partial charge in [0, 0.05) is 31.4 Å². The number of aromatic nitrogens is 4. The standard InChI is InChI=1S/C29H33N7O/c1-19-12-13-23(21-9-6-5-7-10-21)30-26(19)22-11-8-16-36-28(22)32-27(33-36)24-14-15-25(29(31-24)37-4)35-17-20(2)34(3)18-35/h5-7,9-10,12-15,17,19,22,26H,8,11,16,18H2,1-4H3. The van der Waals surface area contributed by atoms with E-state index in [0.717, 1.165) is 54.5 Å². The van der Waals surface area contributed by atoms with Gasteiger partial charge in [-0.3, -0.25) is 4.99 Å². The second-order valence-corrected chi connectivity index (χ2v) is 10.2. The van der Waals surface area contributed by atoms with E-state index < -0.39 is 0 Å².